The van der Waals surface area contributed by atoms with Gasteiger partial charge in [-0.05, 0) is 54.6 Å². The van der Waals surface area contributed by atoms with Crippen LogP contribution in [0.4, 0.5) is 0 Å². The minimum absolute atomic E-state index is 0.378. The second-order valence-electron chi connectivity index (χ2n) is 5.48. The summed E-state index contributed by atoms with van der Waals surface area (Å²) >= 11 is 5.90. The van der Waals surface area contributed by atoms with Crippen LogP contribution in [0, 0.1) is 0 Å². The highest BCUT2D eigenvalue weighted by Crippen LogP contribution is 2.24. The Balaban J connectivity index is 1.81. The summed E-state index contributed by atoms with van der Waals surface area (Å²) in [6.07, 6.45) is 1.69. The predicted octanol–water partition coefficient (Wildman–Crippen LogP) is 4.28. The Labute approximate surface area is 148 Å². The van der Waals surface area contributed by atoms with E-state index in [1.165, 1.54) is 4.52 Å². The molecule has 0 aliphatic carbocycles. The molecule has 0 N–H and O–H groups in total. The van der Waals surface area contributed by atoms with E-state index < -0.39 is 5.63 Å². The van der Waals surface area contributed by atoms with Crippen LogP contribution in [0.5, 0.6) is 5.75 Å². The molecule has 0 saturated carbocycles. The van der Waals surface area contributed by atoms with Gasteiger partial charge in [0, 0.05) is 16.1 Å². The molecule has 2 aromatic carbocycles. The lowest BCUT2D eigenvalue weighted by atomic mass is 10.1. The molecule has 5 nitrogen and oxygen atoms in total. The summed E-state index contributed by atoms with van der Waals surface area (Å²) in [5.41, 5.74) is 2.26. The molecule has 0 fully saturated rings. The van der Waals surface area contributed by atoms with Crippen molar-refractivity contribution in [3.05, 3.63) is 76.2 Å². The van der Waals surface area contributed by atoms with Crippen LogP contribution in [0.15, 0.2) is 70.0 Å². The van der Waals surface area contributed by atoms with Gasteiger partial charge in [0.25, 0.3) is 0 Å². The number of fused-ring (bicyclic) bond motifs is 1. The summed E-state index contributed by atoms with van der Waals surface area (Å²) in [6.45, 7) is 0. The first kappa shape index (κ1) is 15.5. The van der Waals surface area contributed by atoms with Crippen molar-refractivity contribution in [1.82, 2.24) is 9.61 Å². The maximum absolute atomic E-state index is 12.3. The molecule has 124 valence electrons. The molecule has 4 rings (SSSR count). The molecule has 0 aliphatic rings. The van der Waals surface area contributed by atoms with Gasteiger partial charge in [-0.3, -0.25) is 0 Å². The van der Waals surface area contributed by atoms with Gasteiger partial charge in [0.1, 0.15) is 5.75 Å². The van der Waals surface area contributed by atoms with E-state index in [2.05, 4.69) is 5.10 Å². The molecule has 2 aromatic heterocycles. The average molecular weight is 353 g/mol. The van der Waals surface area contributed by atoms with Gasteiger partial charge in [-0.25, -0.2) is 9.31 Å². The molecule has 0 aliphatic heterocycles. The molecule has 0 radical (unpaired) electrons. The Morgan fingerprint density at radius 1 is 1.04 bits per heavy atom. The maximum Gasteiger partial charge on any atom is 0.362 e. The number of ether oxygens (including phenoxy) is 1. The quantitative estimate of drug-likeness (QED) is 0.552. The molecule has 4 aromatic rings. The summed E-state index contributed by atoms with van der Waals surface area (Å²) in [6, 6.07) is 16.3. The van der Waals surface area contributed by atoms with Gasteiger partial charge >= 0.3 is 5.63 Å². The number of nitrogens with zero attached hydrogens (tertiary/aromatic N) is 2. The monoisotopic (exact) mass is 352 g/mol. The molecule has 0 atom stereocenters. The highest BCUT2D eigenvalue weighted by molar-refractivity contribution is 6.30. The highest BCUT2D eigenvalue weighted by Gasteiger charge is 2.11. The molecule has 6 heteroatoms. The average Bonchev–Trinajstić information content (AvgIpc) is 3.07. The van der Waals surface area contributed by atoms with Crippen LogP contribution in [0.3, 0.4) is 0 Å². The highest BCUT2D eigenvalue weighted by atomic mass is 35.5. The number of hydrogen-bond donors (Lipinski definition) is 0. The van der Waals surface area contributed by atoms with Crippen molar-refractivity contribution >= 4 is 17.1 Å². The Hall–Kier alpha value is -3.05. The fraction of sp³-hybridized carbons (Fsp3) is 0.0526. The van der Waals surface area contributed by atoms with E-state index in [4.69, 9.17) is 20.8 Å². The summed E-state index contributed by atoms with van der Waals surface area (Å²) in [7, 11) is 1.61. The van der Waals surface area contributed by atoms with Crippen LogP contribution >= 0.6 is 11.6 Å². The van der Waals surface area contributed by atoms with E-state index in [-0.39, 0.29) is 0 Å². The second-order valence-corrected chi connectivity index (χ2v) is 5.91. The molecule has 0 unspecified atom stereocenters. The van der Waals surface area contributed by atoms with Crippen LogP contribution < -0.4 is 10.4 Å². The lowest BCUT2D eigenvalue weighted by molar-refractivity contribution is 0.415. The Morgan fingerprint density at radius 2 is 1.72 bits per heavy atom. The van der Waals surface area contributed by atoms with Crippen LogP contribution in [0.2, 0.25) is 5.02 Å². The lowest BCUT2D eigenvalue weighted by Crippen LogP contribution is -2.04. The van der Waals surface area contributed by atoms with Crippen LogP contribution in [0.25, 0.3) is 28.1 Å². The predicted molar refractivity (Wildman–Crippen MR) is 96.2 cm³/mol. The number of rotatable bonds is 3. The normalized spacial score (nSPS) is 11.0. The number of benzene rings is 2. The topological polar surface area (TPSA) is 56.7 Å². The van der Waals surface area contributed by atoms with Crippen LogP contribution in [-0.4, -0.2) is 16.7 Å². The van der Waals surface area contributed by atoms with Crippen LogP contribution in [0.1, 0.15) is 0 Å². The molecular formula is C19H13ClN2O3. The number of methoxy groups -OCH3 is 1. The molecule has 25 heavy (non-hydrogen) atoms. The van der Waals surface area contributed by atoms with Crippen molar-refractivity contribution in [3.63, 3.8) is 0 Å². The zero-order valence-corrected chi connectivity index (χ0v) is 14.0. The molecule has 0 saturated heterocycles. The minimum Gasteiger partial charge on any atom is -0.497 e. The minimum atomic E-state index is -0.445. The van der Waals surface area contributed by atoms with E-state index in [1.54, 1.807) is 43.6 Å². The van der Waals surface area contributed by atoms with Crippen molar-refractivity contribution in [1.29, 1.82) is 0 Å². The molecule has 0 spiro atoms. The van der Waals surface area contributed by atoms with E-state index in [0.29, 0.717) is 22.0 Å². The molecular weight excluding hydrogens is 340 g/mol. The third kappa shape index (κ3) is 2.90. The zero-order chi connectivity index (χ0) is 17.4. The van der Waals surface area contributed by atoms with Crippen LogP contribution in [-0.2, 0) is 0 Å². The van der Waals surface area contributed by atoms with Gasteiger partial charge in [-0.2, -0.15) is 5.10 Å². The first-order chi connectivity index (χ1) is 12.1. The first-order valence-corrected chi connectivity index (χ1v) is 7.96. The van der Waals surface area contributed by atoms with Crippen molar-refractivity contribution < 1.29 is 9.15 Å². The van der Waals surface area contributed by atoms with Crippen molar-refractivity contribution in [3.8, 4) is 28.3 Å². The van der Waals surface area contributed by atoms with Crippen molar-refractivity contribution in [2.24, 2.45) is 0 Å². The Morgan fingerprint density at radius 3 is 2.40 bits per heavy atom. The third-order valence-corrected chi connectivity index (χ3v) is 4.15. The summed E-state index contributed by atoms with van der Waals surface area (Å²) < 4.78 is 12.1. The Bertz CT molecular complexity index is 1100. The molecule has 2 heterocycles. The largest absolute Gasteiger partial charge is 0.497 e. The smallest absolute Gasteiger partial charge is 0.362 e. The standard InChI is InChI=1S/C19H13ClN2O3/c1-24-15-8-4-12(5-9-15)16-10-17-19(23)25-18(11-22(17)21-16)13-2-6-14(20)7-3-13/h2-11H,1H3. The van der Waals surface area contributed by atoms with E-state index in [9.17, 15) is 4.79 Å². The van der Waals surface area contributed by atoms with Crippen molar-refractivity contribution in [2.45, 2.75) is 0 Å². The lowest BCUT2D eigenvalue weighted by Gasteiger charge is -2.01. The van der Waals surface area contributed by atoms with Gasteiger partial charge in [0.05, 0.1) is 19.0 Å². The maximum atomic E-state index is 12.3. The second kappa shape index (κ2) is 6.11. The van der Waals surface area contributed by atoms with Gasteiger partial charge in [0.15, 0.2) is 11.3 Å². The van der Waals surface area contributed by atoms with Gasteiger partial charge in [-0.1, -0.05) is 11.6 Å². The zero-order valence-electron chi connectivity index (χ0n) is 13.3. The van der Waals surface area contributed by atoms with E-state index in [1.807, 2.05) is 24.3 Å². The third-order valence-electron chi connectivity index (χ3n) is 3.90. The fourth-order valence-electron chi connectivity index (χ4n) is 2.59. The summed E-state index contributed by atoms with van der Waals surface area (Å²) in [5.74, 6) is 1.19. The number of aromatic nitrogens is 2. The van der Waals surface area contributed by atoms with Gasteiger partial charge in [0.2, 0.25) is 0 Å². The SMILES string of the molecule is COc1ccc(-c2cc3c(=O)oc(-c4ccc(Cl)cc4)cn3n2)cc1. The summed E-state index contributed by atoms with van der Waals surface area (Å²) in [5, 5.41) is 5.11. The molecule has 0 bridgehead atoms. The Kier molecular flexibility index (Phi) is 3.78. The molecule has 0 amide bonds. The number of hydrogen-bond acceptors (Lipinski definition) is 4. The van der Waals surface area contributed by atoms with Gasteiger partial charge < -0.3 is 9.15 Å². The summed E-state index contributed by atoms with van der Waals surface area (Å²) in [4.78, 5) is 12.3. The number of halogens is 1. The first-order valence-electron chi connectivity index (χ1n) is 7.58. The van der Waals surface area contributed by atoms with E-state index in [0.717, 1.165) is 16.9 Å². The van der Waals surface area contributed by atoms with Crippen molar-refractivity contribution in [2.75, 3.05) is 7.11 Å². The van der Waals surface area contributed by atoms with Gasteiger partial charge in [-0.15, -0.1) is 0 Å². The van der Waals surface area contributed by atoms with E-state index >= 15 is 0 Å². The fourth-order valence-corrected chi connectivity index (χ4v) is 2.71.